The van der Waals surface area contributed by atoms with Gasteiger partial charge >= 0.3 is 0 Å². The van der Waals surface area contributed by atoms with Gasteiger partial charge in [-0.25, -0.2) is 10.4 Å². The lowest BCUT2D eigenvalue weighted by atomic mass is 10.1. The van der Waals surface area contributed by atoms with Gasteiger partial charge in [0.25, 0.3) is 0 Å². The SMILES string of the molecule is C=CN=CNNCCC(C)CCSC. The van der Waals surface area contributed by atoms with Crippen LogP contribution in [0.5, 0.6) is 0 Å². The van der Waals surface area contributed by atoms with Crippen LogP contribution in [0.3, 0.4) is 0 Å². The molecule has 1 atom stereocenters. The van der Waals surface area contributed by atoms with Crippen molar-refractivity contribution < 1.29 is 0 Å². The Morgan fingerprint density at radius 3 is 2.93 bits per heavy atom. The van der Waals surface area contributed by atoms with Crippen molar-refractivity contribution in [2.75, 3.05) is 18.6 Å². The molecule has 0 bridgehead atoms. The summed E-state index contributed by atoms with van der Waals surface area (Å²) in [6.07, 6.45) is 7.73. The molecule has 0 aliphatic carbocycles. The van der Waals surface area contributed by atoms with Gasteiger partial charge in [-0.15, -0.1) is 0 Å². The van der Waals surface area contributed by atoms with Crippen LogP contribution in [0.2, 0.25) is 0 Å². The number of aliphatic imine (C=N–C) groups is 1. The lowest BCUT2D eigenvalue weighted by molar-refractivity contribution is 0.484. The molecule has 82 valence electrons. The molecule has 0 aromatic rings. The molecule has 0 rings (SSSR count). The molecule has 2 N–H and O–H groups in total. The van der Waals surface area contributed by atoms with Crippen LogP contribution in [0.25, 0.3) is 0 Å². The fraction of sp³-hybridized carbons (Fsp3) is 0.700. The first-order valence-corrected chi connectivity index (χ1v) is 6.30. The smallest absolute Gasteiger partial charge is 0.102 e. The Bertz CT molecular complexity index is 159. The van der Waals surface area contributed by atoms with Crippen LogP contribution in [0.1, 0.15) is 19.8 Å². The summed E-state index contributed by atoms with van der Waals surface area (Å²) in [4.78, 5) is 3.80. The number of hydrazine groups is 1. The maximum absolute atomic E-state index is 3.80. The van der Waals surface area contributed by atoms with E-state index in [0.29, 0.717) is 0 Å². The zero-order valence-electron chi connectivity index (χ0n) is 9.12. The fourth-order valence-corrected chi connectivity index (χ4v) is 1.63. The molecule has 14 heavy (non-hydrogen) atoms. The van der Waals surface area contributed by atoms with Crippen LogP contribution in [0, 0.1) is 5.92 Å². The summed E-state index contributed by atoms with van der Waals surface area (Å²) in [5.74, 6) is 2.04. The standard InChI is InChI=1S/C10H21N3S/c1-4-11-9-13-12-7-5-10(2)6-8-14-3/h4,9-10,12H,1,5-8H2,2-3H3,(H,11,13). The van der Waals surface area contributed by atoms with Gasteiger partial charge in [-0.3, -0.25) is 0 Å². The summed E-state index contributed by atoms with van der Waals surface area (Å²) in [6.45, 7) is 6.73. The van der Waals surface area contributed by atoms with Crippen molar-refractivity contribution in [2.45, 2.75) is 19.8 Å². The molecule has 3 nitrogen and oxygen atoms in total. The third-order valence-electron chi connectivity index (χ3n) is 1.92. The summed E-state index contributed by atoms with van der Waals surface area (Å²) in [7, 11) is 0. The lowest BCUT2D eigenvalue weighted by Crippen LogP contribution is -2.31. The molecule has 0 aliphatic heterocycles. The zero-order chi connectivity index (χ0) is 10.6. The molecule has 0 fully saturated rings. The molecule has 0 aromatic carbocycles. The van der Waals surface area contributed by atoms with Crippen LogP contribution < -0.4 is 10.9 Å². The highest BCUT2D eigenvalue weighted by Gasteiger charge is 1.99. The van der Waals surface area contributed by atoms with E-state index in [4.69, 9.17) is 0 Å². The summed E-state index contributed by atoms with van der Waals surface area (Å²) < 4.78 is 0. The molecule has 0 saturated carbocycles. The Labute approximate surface area is 91.4 Å². The van der Waals surface area contributed by atoms with Crippen LogP contribution in [-0.2, 0) is 0 Å². The summed E-state index contributed by atoms with van der Waals surface area (Å²) in [6, 6.07) is 0. The Hall–Kier alpha value is -0.480. The normalized spacial score (nSPS) is 13.0. The van der Waals surface area contributed by atoms with Crippen LogP contribution >= 0.6 is 11.8 Å². The monoisotopic (exact) mass is 215 g/mol. The predicted molar refractivity (Wildman–Crippen MR) is 66.6 cm³/mol. The van der Waals surface area contributed by atoms with Gasteiger partial charge in [0.05, 0.1) is 0 Å². The summed E-state index contributed by atoms with van der Waals surface area (Å²) in [5.41, 5.74) is 5.95. The van der Waals surface area contributed by atoms with Crippen molar-refractivity contribution in [1.29, 1.82) is 0 Å². The Morgan fingerprint density at radius 1 is 1.50 bits per heavy atom. The van der Waals surface area contributed by atoms with E-state index in [1.165, 1.54) is 24.8 Å². The van der Waals surface area contributed by atoms with Crippen molar-refractivity contribution in [2.24, 2.45) is 10.9 Å². The minimum absolute atomic E-state index is 0.785. The highest BCUT2D eigenvalue weighted by molar-refractivity contribution is 7.98. The van der Waals surface area contributed by atoms with E-state index in [0.717, 1.165) is 12.5 Å². The maximum atomic E-state index is 3.80. The van der Waals surface area contributed by atoms with Gasteiger partial charge in [-0.05, 0) is 30.8 Å². The fourth-order valence-electron chi connectivity index (χ4n) is 0.990. The highest BCUT2D eigenvalue weighted by atomic mass is 32.2. The first-order valence-electron chi connectivity index (χ1n) is 4.91. The average Bonchev–Trinajstić information content (AvgIpc) is 2.20. The molecule has 0 aliphatic rings. The van der Waals surface area contributed by atoms with Gasteiger partial charge in [0, 0.05) is 12.7 Å². The second-order valence-corrected chi connectivity index (χ2v) is 4.19. The van der Waals surface area contributed by atoms with E-state index in [2.05, 4.69) is 35.6 Å². The van der Waals surface area contributed by atoms with E-state index < -0.39 is 0 Å². The van der Waals surface area contributed by atoms with Gasteiger partial charge in [0.1, 0.15) is 6.34 Å². The number of thioether (sulfide) groups is 1. The molecule has 4 heteroatoms. The van der Waals surface area contributed by atoms with Crippen molar-refractivity contribution in [3.8, 4) is 0 Å². The summed E-state index contributed by atoms with van der Waals surface area (Å²) >= 11 is 1.91. The Morgan fingerprint density at radius 2 is 2.29 bits per heavy atom. The lowest BCUT2D eigenvalue weighted by Gasteiger charge is -2.10. The number of hydrogen-bond acceptors (Lipinski definition) is 3. The topological polar surface area (TPSA) is 36.4 Å². The quantitative estimate of drug-likeness (QED) is 0.267. The van der Waals surface area contributed by atoms with Crippen LogP contribution in [0.15, 0.2) is 17.8 Å². The molecule has 0 amide bonds. The second kappa shape index (κ2) is 10.6. The first kappa shape index (κ1) is 13.5. The first-order chi connectivity index (χ1) is 6.81. The molecule has 0 radical (unpaired) electrons. The average molecular weight is 215 g/mol. The minimum atomic E-state index is 0.785. The number of nitrogens with zero attached hydrogens (tertiary/aromatic N) is 1. The van der Waals surface area contributed by atoms with Gasteiger partial charge in [0.15, 0.2) is 0 Å². The second-order valence-electron chi connectivity index (χ2n) is 3.21. The summed E-state index contributed by atoms with van der Waals surface area (Å²) in [5, 5.41) is 0. The van der Waals surface area contributed by atoms with Crippen molar-refractivity contribution in [3.05, 3.63) is 12.8 Å². The zero-order valence-corrected chi connectivity index (χ0v) is 9.94. The maximum Gasteiger partial charge on any atom is 0.102 e. The molecule has 1 unspecified atom stereocenters. The molecular formula is C10H21N3S. The van der Waals surface area contributed by atoms with E-state index in [1.54, 1.807) is 6.34 Å². The van der Waals surface area contributed by atoms with Crippen LogP contribution in [0.4, 0.5) is 0 Å². The molecule has 0 spiro atoms. The predicted octanol–water partition coefficient (Wildman–Crippen LogP) is 2.03. The number of rotatable bonds is 9. The van der Waals surface area contributed by atoms with E-state index >= 15 is 0 Å². The van der Waals surface area contributed by atoms with Crippen molar-refractivity contribution in [3.63, 3.8) is 0 Å². The molecule has 0 heterocycles. The largest absolute Gasteiger partial charge is 0.312 e. The van der Waals surface area contributed by atoms with Gasteiger partial charge in [-0.1, -0.05) is 13.5 Å². The Kier molecular flexibility index (Phi) is 10.2. The van der Waals surface area contributed by atoms with E-state index in [-0.39, 0.29) is 0 Å². The van der Waals surface area contributed by atoms with E-state index in [9.17, 15) is 0 Å². The van der Waals surface area contributed by atoms with E-state index in [1.807, 2.05) is 11.8 Å². The number of hydrogen-bond donors (Lipinski definition) is 2. The third kappa shape index (κ3) is 9.61. The highest BCUT2D eigenvalue weighted by Crippen LogP contribution is 2.09. The van der Waals surface area contributed by atoms with Gasteiger partial charge in [-0.2, -0.15) is 11.8 Å². The van der Waals surface area contributed by atoms with Gasteiger partial charge in [0.2, 0.25) is 0 Å². The molecule has 0 saturated heterocycles. The van der Waals surface area contributed by atoms with Gasteiger partial charge < -0.3 is 5.43 Å². The van der Waals surface area contributed by atoms with Crippen molar-refractivity contribution in [1.82, 2.24) is 10.9 Å². The Balaban J connectivity index is 3.18. The van der Waals surface area contributed by atoms with Crippen molar-refractivity contribution >= 4 is 18.1 Å². The molecule has 0 aromatic heterocycles. The molecular weight excluding hydrogens is 194 g/mol. The number of nitrogens with one attached hydrogen (secondary N) is 2. The minimum Gasteiger partial charge on any atom is -0.312 e. The van der Waals surface area contributed by atoms with Crippen LogP contribution in [-0.4, -0.2) is 24.9 Å². The third-order valence-corrected chi connectivity index (χ3v) is 2.57.